The first kappa shape index (κ1) is 17.9. The summed E-state index contributed by atoms with van der Waals surface area (Å²) in [6, 6.07) is 15.3. The summed E-state index contributed by atoms with van der Waals surface area (Å²) < 4.78 is 10.7. The lowest BCUT2D eigenvalue weighted by Crippen LogP contribution is -2.31. The molecule has 24 heavy (non-hydrogen) atoms. The predicted octanol–water partition coefficient (Wildman–Crippen LogP) is 4.07. The smallest absolute Gasteiger partial charge is 0.228 e. The van der Waals surface area contributed by atoms with Gasteiger partial charge in [-0.15, -0.1) is 0 Å². The fraction of sp³-hybridized carbons (Fsp3) is 0.350. The second-order valence-corrected chi connectivity index (χ2v) is 5.71. The first-order chi connectivity index (χ1) is 11.6. The van der Waals surface area contributed by atoms with E-state index in [1.807, 2.05) is 62.4 Å². The Morgan fingerprint density at radius 1 is 1.08 bits per heavy atom. The molecular weight excluding hydrogens is 302 g/mol. The van der Waals surface area contributed by atoms with Crippen molar-refractivity contribution in [3.63, 3.8) is 0 Å². The van der Waals surface area contributed by atoms with Crippen LogP contribution >= 0.6 is 0 Å². The van der Waals surface area contributed by atoms with Crippen LogP contribution in [0.15, 0.2) is 48.5 Å². The monoisotopic (exact) mass is 327 g/mol. The summed E-state index contributed by atoms with van der Waals surface area (Å²) in [4.78, 5) is 12.7. The Hall–Kier alpha value is -2.49. The zero-order valence-corrected chi connectivity index (χ0v) is 14.7. The Morgan fingerprint density at radius 3 is 2.38 bits per heavy atom. The molecule has 0 fully saturated rings. The molecule has 2 atom stereocenters. The van der Waals surface area contributed by atoms with Crippen LogP contribution in [0.25, 0.3) is 0 Å². The maximum Gasteiger partial charge on any atom is 0.228 e. The molecule has 2 aromatic carbocycles. The minimum atomic E-state index is -0.180. The second kappa shape index (κ2) is 8.39. The van der Waals surface area contributed by atoms with Crippen molar-refractivity contribution in [2.75, 3.05) is 14.2 Å². The van der Waals surface area contributed by atoms with E-state index in [0.717, 1.165) is 29.0 Å². The largest absolute Gasteiger partial charge is 0.497 e. The van der Waals surface area contributed by atoms with E-state index in [1.165, 1.54) is 0 Å². The fourth-order valence-electron chi connectivity index (χ4n) is 2.83. The van der Waals surface area contributed by atoms with Crippen molar-refractivity contribution in [3.05, 3.63) is 59.7 Å². The molecule has 4 nitrogen and oxygen atoms in total. The van der Waals surface area contributed by atoms with E-state index in [9.17, 15) is 4.79 Å². The van der Waals surface area contributed by atoms with Gasteiger partial charge in [0.2, 0.25) is 5.91 Å². The van der Waals surface area contributed by atoms with Crippen LogP contribution in [0.1, 0.15) is 43.4 Å². The van der Waals surface area contributed by atoms with E-state index in [-0.39, 0.29) is 17.9 Å². The molecule has 1 N–H and O–H groups in total. The average Bonchev–Trinajstić information content (AvgIpc) is 2.62. The summed E-state index contributed by atoms with van der Waals surface area (Å²) >= 11 is 0. The molecule has 0 aliphatic carbocycles. The number of hydrogen-bond donors (Lipinski definition) is 1. The molecule has 0 unspecified atom stereocenters. The predicted molar refractivity (Wildman–Crippen MR) is 95.6 cm³/mol. The van der Waals surface area contributed by atoms with Crippen LogP contribution in [-0.4, -0.2) is 20.1 Å². The van der Waals surface area contributed by atoms with E-state index in [0.29, 0.717) is 0 Å². The van der Waals surface area contributed by atoms with Gasteiger partial charge < -0.3 is 14.8 Å². The number of ether oxygens (including phenoxy) is 2. The van der Waals surface area contributed by atoms with Crippen molar-refractivity contribution in [1.29, 1.82) is 0 Å². The van der Waals surface area contributed by atoms with Crippen LogP contribution in [0.4, 0.5) is 0 Å². The molecular formula is C20H25NO3. The molecule has 0 saturated heterocycles. The number of rotatable bonds is 7. The van der Waals surface area contributed by atoms with Crippen LogP contribution in [0.2, 0.25) is 0 Å². The van der Waals surface area contributed by atoms with Crippen LogP contribution in [0.3, 0.4) is 0 Å². The van der Waals surface area contributed by atoms with Crippen LogP contribution in [0.5, 0.6) is 11.5 Å². The Balaban J connectivity index is 2.19. The SMILES string of the molecule is CC[C@H](C(=O)N[C@H](C)c1cc(OC)ccc1OC)c1ccccc1. The van der Waals surface area contributed by atoms with Gasteiger partial charge in [0.05, 0.1) is 26.2 Å². The zero-order chi connectivity index (χ0) is 17.5. The lowest BCUT2D eigenvalue weighted by molar-refractivity contribution is -0.123. The molecule has 2 aromatic rings. The summed E-state index contributed by atoms with van der Waals surface area (Å²) in [5, 5.41) is 3.10. The highest BCUT2D eigenvalue weighted by Crippen LogP contribution is 2.30. The summed E-state index contributed by atoms with van der Waals surface area (Å²) in [5.41, 5.74) is 1.93. The molecule has 0 aliphatic heterocycles. The molecule has 0 radical (unpaired) electrons. The third kappa shape index (κ3) is 4.07. The van der Waals surface area contributed by atoms with E-state index in [1.54, 1.807) is 14.2 Å². The van der Waals surface area contributed by atoms with Crippen molar-refractivity contribution < 1.29 is 14.3 Å². The van der Waals surface area contributed by atoms with Gasteiger partial charge in [0.15, 0.2) is 0 Å². The van der Waals surface area contributed by atoms with Crippen molar-refractivity contribution in [1.82, 2.24) is 5.32 Å². The van der Waals surface area contributed by atoms with E-state index < -0.39 is 0 Å². The molecule has 1 amide bonds. The van der Waals surface area contributed by atoms with Gasteiger partial charge in [0, 0.05) is 5.56 Å². The average molecular weight is 327 g/mol. The van der Waals surface area contributed by atoms with Gasteiger partial charge >= 0.3 is 0 Å². The molecule has 0 aliphatic rings. The van der Waals surface area contributed by atoms with Gasteiger partial charge in [0.25, 0.3) is 0 Å². The van der Waals surface area contributed by atoms with Crippen LogP contribution in [0, 0.1) is 0 Å². The van der Waals surface area contributed by atoms with Gasteiger partial charge in [-0.25, -0.2) is 0 Å². The van der Waals surface area contributed by atoms with Gasteiger partial charge in [0.1, 0.15) is 11.5 Å². The highest BCUT2D eigenvalue weighted by molar-refractivity contribution is 5.84. The summed E-state index contributed by atoms with van der Waals surface area (Å²) in [6.07, 6.45) is 0.748. The number of carbonyl (C=O) groups is 1. The van der Waals surface area contributed by atoms with Gasteiger partial charge in [-0.3, -0.25) is 4.79 Å². The van der Waals surface area contributed by atoms with Crippen LogP contribution < -0.4 is 14.8 Å². The lowest BCUT2D eigenvalue weighted by atomic mass is 9.95. The van der Waals surface area contributed by atoms with E-state index >= 15 is 0 Å². The lowest BCUT2D eigenvalue weighted by Gasteiger charge is -2.22. The number of hydrogen-bond acceptors (Lipinski definition) is 3. The summed E-state index contributed by atoms with van der Waals surface area (Å²) in [6.45, 7) is 3.97. The highest BCUT2D eigenvalue weighted by atomic mass is 16.5. The quantitative estimate of drug-likeness (QED) is 0.834. The van der Waals surface area contributed by atoms with Crippen molar-refractivity contribution >= 4 is 5.91 Å². The van der Waals surface area contributed by atoms with Gasteiger partial charge in [-0.05, 0) is 37.1 Å². The Morgan fingerprint density at radius 2 is 1.79 bits per heavy atom. The number of amides is 1. The van der Waals surface area contributed by atoms with Gasteiger partial charge in [-0.2, -0.15) is 0 Å². The summed E-state index contributed by atoms with van der Waals surface area (Å²) in [5.74, 6) is 1.32. The number of carbonyl (C=O) groups excluding carboxylic acids is 1. The Bertz CT molecular complexity index is 670. The first-order valence-corrected chi connectivity index (χ1v) is 8.17. The Labute approximate surface area is 143 Å². The highest BCUT2D eigenvalue weighted by Gasteiger charge is 2.22. The standard InChI is InChI=1S/C20H25NO3/c1-5-17(15-9-7-6-8-10-15)20(22)21-14(2)18-13-16(23-3)11-12-19(18)24-4/h6-14,17H,5H2,1-4H3,(H,21,22)/t14-,17+/m1/s1. The zero-order valence-electron chi connectivity index (χ0n) is 14.7. The molecule has 0 aromatic heterocycles. The minimum Gasteiger partial charge on any atom is -0.497 e. The maximum atomic E-state index is 12.7. The number of methoxy groups -OCH3 is 2. The topological polar surface area (TPSA) is 47.6 Å². The summed E-state index contributed by atoms with van der Waals surface area (Å²) in [7, 11) is 3.25. The van der Waals surface area contributed by atoms with Gasteiger partial charge in [-0.1, -0.05) is 37.3 Å². The van der Waals surface area contributed by atoms with Crippen molar-refractivity contribution in [2.24, 2.45) is 0 Å². The van der Waals surface area contributed by atoms with Crippen molar-refractivity contribution in [2.45, 2.75) is 32.2 Å². The minimum absolute atomic E-state index is 0.0149. The number of nitrogens with one attached hydrogen (secondary N) is 1. The number of benzene rings is 2. The molecule has 4 heteroatoms. The third-order valence-corrected chi connectivity index (χ3v) is 4.19. The molecule has 2 rings (SSSR count). The molecule has 0 bridgehead atoms. The first-order valence-electron chi connectivity index (χ1n) is 8.17. The maximum absolute atomic E-state index is 12.7. The third-order valence-electron chi connectivity index (χ3n) is 4.19. The molecule has 0 heterocycles. The van der Waals surface area contributed by atoms with Crippen molar-refractivity contribution in [3.8, 4) is 11.5 Å². The normalized spacial score (nSPS) is 13.0. The van der Waals surface area contributed by atoms with E-state index in [4.69, 9.17) is 9.47 Å². The van der Waals surface area contributed by atoms with Crippen LogP contribution in [-0.2, 0) is 4.79 Å². The van der Waals surface area contributed by atoms with E-state index in [2.05, 4.69) is 5.32 Å². The molecule has 128 valence electrons. The Kier molecular flexibility index (Phi) is 6.24. The fourth-order valence-corrected chi connectivity index (χ4v) is 2.83. The second-order valence-electron chi connectivity index (χ2n) is 5.71. The molecule has 0 saturated carbocycles. The molecule has 0 spiro atoms.